The number of carbonyl (C=O) groups is 1. The minimum Gasteiger partial charge on any atom is -0.504 e. The van der Waals surface area contributed by atoms with E-state index in [1.807, 2.05) is 6.92 Å². The lowest BCUT2D eigenvalue weighted by Crippen LogP contribution is -2.35. The highest BCUT2D eigenvalue weighted by molar-refractivity contribution is 7.89. The maximum Gasteiger partial charge on any atom is 0.251 e. The summed E-state index contributed by atoms with van der Waals surface area (Å²) in [6.45, 7) is 1.97. The number of hydrogen-bond donors (Lipinski definition) is 5. The summed E-state index contributed by atoms with van der Waals surface area (Å²) in [4.78, 5) is 11.8. The average Bonchev–Trinajstić information content (AvgIpc) is 2.46. The summed E-state index contributed by atoms with van der Waals surface area (Å²) in [7, 11) is -3.34. The number of benzene rings is 1. The largest absolute Gasteiger partial charge is 0.504 e. The molecule has 0 heterocycles. The number of rotatable bonds is 8. The molecule has 0 saturated carbocycles. The molecule has 0 bridgehead atoms. The minimum atomic E-state index is -3.34. The van der Waals surface area contributed by atoms with Crippen LogP contribution in [-0.4, -0.2) is 48.5 Å². The maximum absolute atomic E-state index is 11.8. The first-order chi connectivity index (χ1) is 10.3. The molecule has 0 saturated heterocycles. The Morgan fingerprint density at radius 3 is 2.27 bits per heavy atom. The van der Waals surface area contributed by atoms with Crippen molar-refractivity contribution in [3.63, 3.8) is 0 Å². The summed E-state index contributed by atoms with van der Waals surface area (Å²) in [5, 5.41) is 30.2. The van der Waals surface area contributed by atoms with Crippen molar-refractivity contribution in [2.24, 2.45) is 0 Å². The van der Waals surface area contributed by atoms with E-state index >= 15 is 0 Å². The van der Waals surface area contributed by atoms with Gasteiger partial charge in [-0.3, -0.25) is 4.79 Å². The van der Waals surface area contributed by atoms with Gasteiger partial charge in [-0.2, -0.15) is 0 Å². The minimum absolute atomic E-state index is 0.0356. The third kappa shape index (κ3) is 5.41. The molecule has 22 heavy (non-hydrogen) atoms. The van der Waals surface area contributed by atoms with Crippen molar-refractivity contribution in [3.05, 3.63) is 17.7 Å². The Hall–Kier alpha value is -2.00. The van der Waals surface area contributed by atoms with Crippen LogP contribution >= 0.6 is 0 Å². The van der Waals surface area contributed by atoms with Crippen LogP contribution in [0, 0.1) is 0 Å². The van der Waals surface area contributed by atoms with Crippen molar-refractivity contribution >= 4 is 15.9 Å². The van der Waals surface area contributed by atoms with Gasteiger partial charge in [0.15, 0.2) is 17.2 Å². The zero-order chi connectivity index (χ0) is 16.8. The van der Waals surface area contributed by atoms with Crippen molar-refractivity contribution in [1.29, 1.82) is 0 Å². The Kier molecular flexibility index (Phi) is 6.44. The summed E-state index contributed by atoms with van der Waals surface area (Å²) < 4.78 is 25.4. The van der Waals surface area contributed by atoms with Gasteiger partial charge in [-0.1, -0.05) is 13.3 Å². The number of phenolic OH excluding ortho intramolecular Hbond substituents is 3. The van der Waals surface area contributed by atoms with Crippen molar-refractivity contribution in [3.8, 4) is 17.2 Å². The molecule has 0 spiro atoms. The molecule has 0 aliphatic carbocycles. The molecule has 1 amide bonds. The van der Waals surface area contributed by atoms with Crippen molar-refractivity contribution in [2.45, 2.75) is 19.8 Å². The lowest BCUT2D eigenvalue weighted by molar-refractivity contribution is 0.0953. The monoisotopic (exact) mass is 332 g/mol. The van der Waals surface area contributed by atoms with Crippen LogP contribution in [0.4, 0.5) is 0 Å². The number of aromatic hydroxyl groups is 3. The fourth-order valence-electron chi connectivity index (χ4n) is 1.63. The van der Waals surface area contributed by atoms with Gasteiger partial charge >= 0.3 is 0 Å². The summed E-state index contributed by atoms with van der Waals surface area (Å²) >= 11 is 0. The van der Waals surface area contributed by atoms with Crippen LogP contribution in [0.1, 0.15) is 30.1 Å². The van der Waals surface area contributed by atoms with Gasteiger partial charge in [-0.25, -0.2) is 13.1 Å². The van der Waals surface area contributed by atoms with Gasteiger partial charge in [0.25, 0.3) is 5.91 Å². The SMILES string of the molecule is CCCCS(=O)(=O)NCCNC(=O)c1cc(O)c(O)c(O)c1. The van der Waals surface area contributed by atoms with Crippen LogP contribution in [0.5, 0.6) is 17.2 Å². The third-order valence-electron chi connectivity index (χ3n) is 2.83. The van der Waals surface area contributed by atoms with Crippen LogP contribution < -0.4 is 10.0 Å². The van der Waals surface area contributed by atoms with Gasteiger partial charge in [0.1, 0.15) is 0 Å². The molecule has 0 radical (unpaired) electrons. The van der Waals surface area contributed by atoms with E-state index < -0.39 is 33.2 Å². The lowest BCUT2D eigenvalue weighted by Gasteiger charge is -2.09. The van der Waals surface area contributed by atoms with Crippen molar-refractivity contribution < 1.29 is 28.5 Å². The summed E-state index contributed by atoms with van der Waals surface area (Å²) in [5.74, 6) is -2.52. The van der Waals surface area contributed by atoms with Gasteiger partial charge in [0.2, 0.25) is 10.0 Å². The van der Waals surface area contributed by atoms with Crippen LogP contribution in [0.15, 0.2) is 12.1 Å². The highest BCUT2D eigenvalue weighted by atomic mass is 32.2. The molecule has 5 N–H and O–H groups in total. The average molecular weight is 332 g/mol. The van der Waals surface area contributed by atoms with Gasteiger partial charge in [-0.05, 0) is 18.6 Å². The van der Waals surface area contributed by atoms with E-state index in [2.05, 4.69) is 10.0 Å². The number of carbonyl (C=O) groups excluding carboxylic acids is 1. The smallest absolute Gasteiger partial charge is 0.251 e. The molecule has 0 atom stereocenters. The Morgan fingerprint density at radius 1 is 1.14 bits per heavy atom. The van der Waals surface area contributed by atoms with E-state index in [9.17, 15) is 28.5 Å². The van der Waals surface area contributed by atoms with Gasteiger partial charge in [0.05, 0.1) is 5.75 Å². The topological polar surface area (TPSA) is 136 Å². The van der Waals surface area contributed by atoms with Crippen LogP contribution in [0.25, 0.3) is 0 Å². The molecule has 124 valence electrons. The van der Waals surface area contributed by atoms with E-state index in [1.54, 1.807) is 0 Å². The van der Waals surface area contributed by atoms with E-state index in [0.717, 1.165) is 18.6 Å². The molecule has 0 unspecified atom stereocenters. The molecular weight excluding hydrogens is 312 g/mol. The number of phenols is 3. The molecule has 0 aliphatic rings. The molecule has 0 fully saturated rings. The third-order valence-corrected chi connectivity index (χ3v) is 4.30. The predicted octanol–water partition coefficient (Wildman–Crippen LogP) is 0.253. The van der Waals surface area contributed by atoms with Gasteiger partial charge in [-0.15, -0.1) is 0 Å². The number of nitrogens with one attached hydrogen (secondary N) is 2. The van der Waals surface area contributed by atoms with Crippen LogP contribution in [-0.2, 0) is 10.0 Å². The highest BCUT2D eigenvalue weighted by Gasteiger charge is 2.13. The standard InChI is InChI=1S/C13H20N2O6S/c1-2-3-6-22(20,21)15-5-4-14-13(19)9-7-10(16)12(18)11(17)8-9/h7-8,15-18H,2-6H2,1H3,(H,14,19). The zero-order valence-electron chi connectivity index (χ0n) is 12.2. The number of unbranched alkanes of at least 4 members (excludes halogenated alkanes) is 1. The Morgan fingerprint density at radius 2 is 1.73 bits per heavy atom. The maximum atomic E-state index is 11.8. The number of hydrogen-bond acceptors (Lipinski definition) is 6. The number of amides is 1. The van der Waals surface area contributed by atoms with Crippen molar-refractivity contribution in [2.75, 3.05) is 18.8 Å². The summed E-state index contributed by atoms with van der Waals surface area (Å²) in [6.07, 6.45) is 1.33. The zero-order valence-corrected chi connectivity index (χ0v) is 13.0. The van der Waals surface area contributed by atoms with Gasteiger partial charge < -0.3 is 20.6 Å². The Labute approximate surface area is 128 Å². The molecule has 1 aromatic carbocycles. The van der Waals surface area contributed by atoms with E-state index in [4.69, 9.17) is 0 Å². The fourth-order valence-corrected chi connectivity index (χ4v) is 2.85. The first kappa shape index (κ1) is 18.1. The van der Waals surface area contributed by atoms with E-state index in [0.29, 0.717) is 6.42 Å². The fraction of sp³-hybridized carbons (Fsp3) is 0.462. The lowest BCUT2D eigenvalue weighted by atomic mass is 10.1. The van der Waals surface area contributed by atoms with Crippen LogP contribution in [0.3, 0.4) is 0 Å². The Bertz CT molecular complexity index is 606. The molecule has 9 heteroatoms. The Balaban J connectivity index is 2.47. The first-order valence-electron chi connectivity index (χ1n) is 6.77. The van der Waals surface area contributed by atoms with Crippen molar-refractivity contribution in [1.82, 2.24) is 10.0 Å². The molecular formula is C13H20N2O6S. The second-order valence-corrected chi connectivity index (χ2v) is 6.61. The summed E-state index contributed by atoms with van der Waals surface area (Å²) in [5.41, 5.74) is -0.0540. The predicted molar refractivity (Wildman–Crippen MR) is 80.5 cm³/mol. The van der Waals surface area contributed by atoms with Gasteiger partial charge in [0, 0.05) is 18.7 Å². The summed E-state index contributed by atoms with van der Waals surface area (Å²) in [6, 6.07) is 1.99. The van der Waals surface area contributed by atoms with E-state index in [1.165, 1.54) is 0 Å². The molecule has 1 aromatic rings. The number of sulfonamides is 1. The quantitative estimate of drug-likeness (QED) is 0.342. The molecule has 0 aliphatic heterocycles. The molecule has 0 aromatic heterocycles. The molecule has 1 rings (SSSR count). The molecule has 8 nitrogen and oxygen atoms in total. The first-order valence-corrected chi connectivity index (χ1v) is 8.42. The normalized spacial score (nSPS) is 11.3. The van der Waals surface area contributed by atoms with E-state index in [-0.39, 0.29) is 24.4 Å². The second kappa shape index (κ2) is 7.85. The second-order valence-electron chi connectivity index (χ2n) is 4.69. The highest BCUT2D eigenvalue weighted by Crippen LogP contribution is 2.35. The van der Waals surface area contributed by atoms with Crippen LogP contribution in [0.2, 0.25) is 0 Å².